The Morgan fingerprint density at radius 3 is 2.73 bits per heavy atom. The summed E-state index contributed by atoms with van der Waals surface area (Å²) in [4.78, 5) is 28.3. The smallest absolute Gasteiger partial charge is 0.289 e. The Hall–Kier alpha value is -3.06. The molecule has 3 rings (SSSR count). The second kappa shape index (κ2) is 7.45. The molecular formula is C18H17ClN4O3. The molecule has 3 aromatic rings. The highest BCUT2D eigenvalue weighted by Crippen LogP contribution is 2.17. The van der Waals surface area contributed by atoms with Gasteiger partial charge in [0.05, 0.1) is 0 Å². The molecule has 1 aromatic carbocycles. The number of halogens is 1. The molecule has 26 heavy (non-hydrogen) atoms. The van der Waals surface area contributed by atoms with Crippen molar-refractivity contribution in [3.05, 3.63) is 64.6 Å². The zero-order valence-electron chi connectivity index (χ0n) is 14.2. The van der Waals surface area contributed by atoms with Gasteiger partial charge < -0.3 is 4.74 Å². The Kier molecular flexibility index (Phi) is 5.09. The number of aromatic nitrogens is 2. The maximum Gasteiger partial charge on any atom is 0.289 e. The summed E-state index contributed by atoms with van der Waals surface area (Å²) >= 11 is 6.02. The van der Waals surface area contributed by atoms with Crippen molar-refractivity contribution in [2.45, 2.75) is 13.8 Å². The van der Waals surface area contributed by atoms with Gasteiger partial charge in [-0.1, -0.05) is 23.7 Å². The van der Waals surface area contributed by atoms with Gasteiger partial charge in [0.15, 0.2) is 17.5 Å². The lowest BCUT2D eigenvalue weighted by molar-refractivity contribution is -0.123. The van der Waals surface area contributed by atoms with Crippen molar-refractivity contribution in [2.75, 3.05) is 6.61 Å². The number of rotatable bonds is 4. The van der Waals surface area contributed by atoms with Crippen LogP contribution in [0, 0.1) is 13.8 Å². The van der Waals surface area contributed by atoms with Crippen molar-refractivity contribution >= 4 is 29.1 Å². The highest BCUT2D eigenvalue weighted by molar-refractivity contribution is 6.32. The molecule has 0 aliphatic heterocycles. The van der Waals surface area contributed by atoms with Crippen LogP contribution < -0.4 is 15.6 Å². The van der Waals surface area contributed by atoms with E-state index < -0.39 is 11.8 Å². The maximum absolute atomic E-state index is 12.3. The van der Waals surface area contributed by atoms with Crippen LogP contribution in [0.15, 0.2) is 42.6 Å². The van der Waals surface area contributed by atoms with Crippen molar-refractivity contribution in [3.63, 3.8) is 0 Å². The number of imidazole rings is 1. The fraction of sp³-hybridized carbons (Fsp3) is 0.167. The van der Waals surface area contributed by atoms with E-state index in [1.165, 1.54) is 4.40 Å². The summed E-state index contributed by atoms with van der Waals surface area (Å²) in [6.45, 7) is 3.72. The van der Waals surface area contributed by atoms with Crippen LogP contribution in [0.3, 0.4) is 0 Å². The lowest BCUT2D eigenvalue weighted by Crippen LogP contribution is -2.44. The molecule has 0 aliphatic rings. The molecule has 0 aliphatic carbocycles. The second-order valence-electron chi connectivity index (χ2n) is 5.72. The number of pyridine rings is 1. The molecule has 2 amide bonds. The summed E-state index contributed by atoms with van der Waals surface area (Å²) in [5.41, 5.74) is 7.48. The number of hydrazine groups is 1. The molecule has 0 unspecified atom stereocenters. The van der Waals surface area contributed by atoms with Crippen LogP contribution in [-0.4, -0.2) is 27.8 Å². The zero-order valence-corrected chi connectivity index (χ0v) is 15.0. The molecule has 7 nitrogen and oxygen atoms in total. The molecule has 0 bridgehead atoms. The number of nitrogens with zero attached hydrogens (tertiary/aromatic N) is 2. The third-order valence-corrected chi connectivity index (χ3v) is 4.13. The van der Waals surface area contributed by atoms with Gasteiger partial charge in [0.1, 0.15) is 11.4 Å². The first kappa shape index (κ1) is 17.8. The van der Waals surface area contributed by atoms with Crippen LogP contribution in [0.25, 0.3) is 5.65 Å². The van der Waals surface area contributed by atoms with Crippen LogP contribution in [0.5, 0.6) is 5.75 Å². The van der Waals surface area contributed by atoms with Crippen LogP contribution in [0.2, 0.25) is 5.15 Å². The first-order valence-electron chi connectivity index (χ1n) is 7.87. The number of aryl methyl sites for hydroxylation is 2. The lowest BCUT2D eigenvalue weighted by Gasteiger charge is -2.10. The fourth-order valence-corrected chi connectivity index (χ4v) is 2.61. The zero-order chi connectivity index (χ0) is 18.7. The predicted molar refractivity (Wildman–Crippen MR) is 97.2 cm³/mol. The van der Waals surface area contributed by atoms with E-state index in [1.807, 2.05) is 26.0 Å². The van der Waals surface area contributed by atoms with Crippen LogP contribution in [0.4, 0.5) is 0 Å². The van der Waals surface area contributed by atoms with E-state index >= 15 is 0 Å². The molecule has 134 valence electrons. The van der Waals surface area contributed by atoms with Crippen LogP contribution in [-0.2, 0) is 4.79 Å². The average molecular weight is 373 g/mol. The predicted octanol–water partition coefficient (Wildman–Crippen LogP) is 2.44. The largest absolute Gasteiger partial charge is 0.484 e. The van der Waals surface area contributed by atoms with Gasteiger partial charge in [0.2, 0.25) is 0 Å². The minimum atomic E-state index is -0.576. The highest BCUT2D eigenvalue weighted by atomic mass is 35.5. The quantitative estimate of drug-likeness (QED) is 0.689. The first-order valence-corrected chi connectivity index (χ1v) is 8.25. The molecular weight excluding hydrogens is 356 g/mol. The molecule has 8 heteroatoms. The van der Waals surface area contributed by atoms with Gasteiger partial charge in [-0.2, -0.15) is 0 Å². The van der Waals surface area contributed by atoms with Crippen LogP contribution in [0.1, 0.15) is 21.6 Å². The fourth-order valence-electron chi connectivity index (χ4n) is 2.34. The third kappa shape index (κ3) is 3.78. The molecule has 2 N–H and O–H groups in total. The summed E-state index contributed by atoms with van der Waals surface area (Å²) in [5.74, 6) is -0.492. The summed E-state index contributed by atoms with van der Waals surface area (Å²) in [6, 6.07) is 10.8. The normalized spacial score (nSPS) is 10.6. The Labute approximate surface area is 154 Å². The standard InChI is InChI=1S/C18H17ClN4O3/c1-11-6-7-13(9-12(11)2)26-10-15(24)21-22-18(25)16-17(19)20-14-5-3-4-8-23(14)16/h3-9H,10H2,1-2H3,(H,21,24)(H,22,25). The Balaban J connectivity index is 1.57. The summed E-state index contributed by atoms with van der Waals surface area (Å²) in [6.07, 6.45) is 1.66. The van der Waals surface area contributed by atoms with E-state index in [4.69, 9.17) is 16.3 Å². The van der Waals surface area contributed by atoms with Crippen molar-refractivity contribution < 1.29 is 14.3 Å². The van der Waals surface area contributed by atoms with Crippen molar-refractivity contribution in [1.82, 2.24) is 20.2 Å². The van der Waals surface area contributed by atoms with E-state index in [2.05, 4.69) is 15.8 Å². The number of benzene rings is 1. The number of amides is 2. The van der Waals surface area contributed by atoms with Crippen molar-refractivity contribution in [2.24, 2.45) is 0 Å². The van der Waals surface area contributed by atoms with E-state index in [0.29, 0.717) is 11.4 Å². The van der Waals surface area contributed by atoms with Gasteiger partial charge in [-0.05, 0) is 49.2 Å². The molecule has 0 radical (unpaired) electrons. The van der Waals surface area contributed by atoms with Gasteiger partial charge in [0, 0.05) is 6.20 Å². The number of hydrogen-bond acceptors (Lipinski definition) is 4. The number of hydrogen-bond donors (Lipinski definition) is 2. The lowest BCUT2D eigenvalue weighted by atomic mass is 10.1. The second-order valence-corrected chi connectivity index (χ2v) is 6.08. The summed E-state index contributed by atoms with van der Waals surface area (Å²) < 4.78 is 6.95. The minimum absolute atomic E-state index is 0.0503. The van der Waals surface area contributed by atoms with Gasteiger partial charge in [-0.15, -0.1) is 0 Å². The molecule has 0 saturated carbocycles. The van der Waals surface area contributed by atoms with Crippen LogP contribution >= 0.6 is 11.6 Å². The maximum atomic E-state index is 12.3. The Morgan fingerprint density at radius 2 is 1.96 bits per heavy atom. The highest BCUT2D eigenvalue weighted by Gasteiger charge is 2.18. The molecule has 0 saturated heterocycles. The molecule has 2 aromatic heterocycles. The van der Waals surface area contributed by atoms with Gasteiger partial charge in [0.25, 0.3) is 11.8 Å². The Morgan fingerprint density at radius 1 is 1.15 bits per heavy atom. The molecule has 0 spiro atoms. The van der Waals surface area contributed by atoms with E-state index in [1.54, 1.807) is 30.5 Å². The number of carbonyl (C=O) groups is 2. The molecule has 2 heterocycles. The summed E-state index contributed by atoms with van der Waals surface area (Å²) in [7, 11) is 0. The van der Waals surface area contributed by atoms with Gasteiger partial charge in [-0.3, -0.25) is 24.8 Å². The monoisotopic (exact) mass is 372 g/mol. The number of ether oxygens (including phenoxy) is 1. The topological polar surface area (TPSA) is 84.7 Å². The van der Waals surface area contributed by atoms with Gasteiger partial charge >= 0.3 is 0 Å². The molecule has 0 atom stereocenters. The number of fused-ring (bicyclic) bond motifs is 1. The van der Waals surface area contributed by atoms with Crippen molar-refractivity contribution in [3.8, 4) is 5.75 Å². The Bertz CT molecular complexity index is 984. The van der Waals surface area contributed by atoms with E-state index in [0.717, 1.165) is 11.1 Å². The average Bonchev–Trinajstić information content (AvgIpc) is 2.96. The number of carbonyl (C=O) groups excluding carboxylic acids is 2. The van der Waals surface area contributed by atoms with E-state index in [-0.39, 0.29) is 17.5 Å². The summed E-state index contributed by atoms with van der Waals surface area (Å²) in [5, 5.41) is 0.0503. The van der Waals surface area contributed by atoms with E-state index in [9.17, 15) is 9.59 Å². The number of nitrogens with one attached hydrogen (secondary N) is 2. The van der Waals surface area contributed by atoms with Crippen molar-refractivity contribution in [1.29, 1.82) is 0 Å². The molecule has 0 fully saturated rings. The first-order chi connectivity index (χ1) is 12.5. The third-order valence-electron chi connectivity index (χ3n) is 3.87. The minimum Gasteiger partial charge on any atom is -0.484 e. The van der Waals surface area contributed by atoms with Gasteiger partial charge in [-0.25, -0.2) is 4.98 Å². The SMILES string of the molecule is Cc1ccc(OCC(=O)NNC(=O)c2c(Cl)nc3ccccn23)cc1C.